The molecule has 1 aromatic carbocycles. The monoisotopic (exact) mass is 247 g/mol. The third-order valence-corrected chi connectivity index (χ3v) is 3.85. The molecular formula is C13H14ClN3. The zero-order valence-electron chi connectivity index (χ0n) is 9.44. The summed E-state index contributed by atoms with van der Waals surface area (Å²) in [6.45, 7) is 0.731. The Balaban J connectivity index is 1.93. The first kappa shape index (κ1) is 10.8. The number of hydrogen-bond acceptors (Lipinski definition) is 2. The van der Waals surface area contributed by atoms with Crippen LogP contribution in [0.5, 0.6) is 0 Å². The van der Waals surface area contributed by atoms with Crippen LogP contribution in [0.3, 0.4) is 0 Å². The van der Waals surface area contributed by atoms with E-state index in [0.29, 0.717) is 5.15 Å². The summed E-state index contributed by atoms with van der Waals surface area (Å²) in [5.41, 5.74) is 8.37. The molecule has 0 radical (unpaired) electrons. The average Bonchev–Trinajstić information content (AvgIpc) is 3.06. The summed E-state index contributed by atoms with van der Waals surface area (Å²) in [4.78, 5) is 0. The summed E-state index contributed by atoms with van der Waals surface area (Å²) in [6, 6.07) is 10.1. The first-order valence-electron chi connectivity index (χ1n) is 5.76. The van der Waals surface area contributed by atoms with Crippen molar-refractivity contribution in [3.8, 4) is 5.69 Å². The van der Waals surface area contributed by atoms with Gasteiger partial charge in [-0.05, 0) is 36.6 Å². The van der Waals surface area contributed by atoms with Gasteiger partial charge in [-0.25, -0.2) is 4.68 Å². The van der Waals surface area contributed by atoms with Crippen molar-refractivity contribution < 1.29 is 0 Å². The predicted molar refractivity (Wildman–Crippen MR) is 68.5 cm³/mol. The number of rotatable bonds is 3. The van der Waals surface area contributed by atoms with Crippen LogP contribution in [0.2, 0.25) is 5.15 Å². The van der Waals surface area contributed by atoms with Crippen molar-refractivity contribution in [1.82, 2.24) is 9.78 Å². The third-order valence-electron chi connectivity index (χ3n) is 3.57. The van der Waals surface area contributed by atoms with Crippen molar-refractivity contribution in [2.45, 2.75) is 18.3 Å². The number of nitrogens with zero attached hydrogens (tertiary/aromatic N) is 2. The number of halogens is 1. The molecule has 2 aromatic rings. The van der Waals surface area contributed by atoms with E-state index in [2.05, 4.69) is 17.2 Å². The molecule has 0 spiro atoms. The maximum absolute atomic E-state index is 6.02. The number of nitrogens with two attached hydrogens (primary N) is 1. The van der Waals surface area contributed by atoms with Crippen molar-refractivity contribution in [3.63, 3.8) is 0 Å². The van der Waals surface area contributed by atoms with Gasteiger partial charge < -0.3 is 5.73 Å². The van der Waals surface area contributed by atoms with Gasteiger partial charge in [0, 0.05) is 12.0 Å². The van der Waals surface area contributed by atoms with Crippen molar-refractivity contribution in [2.75, 3.05) is 6.54 Å². The van der Waals surface area contributed by atoms with Gasteiger partial charge in [0.05, 0.1) is 11.9 Å². The smallest absolute Gasteiger partial charge is 0.132 e. The first-order chi connectivity index (χ1) is 8.25. The van der Waals surface area contributed by atoms with Crippen molar-refractivity contribution in [1.29, 1.82) is 0 Å². The minimum absolute atomic E-state index is 0.243. The Morgan fingerprint density at radius 1 is 1.24 bits per heavy atom. The van der Waals surface area contributed by atoms with Crippen LogP contribution in [0.25, 0.3) is 5.69 Å². The number of benzene rings is 1. The van der Waals surface area contributed by atoms with E-state index < -0.39 is 0 Å². The molecule has 1 aliphatic carbocycles. The van der Waals surface area contributed by atoms with E-state index in [1.807, 2.05) is 12.1 Å². The SMILES string of the molecule is NCC1(c2ccc(-n3nccc3Cl)cc2)CC1. The largest absolute Gasteiger partial charge is 0.330 e. The molecule has 0 unspecified atom stereocenters. The Kier molecular flexibility index (Phi) is 2.45. The van der Waals surface area contributed by atoms with Gasteiger partial charge in [0.25, 0.3) is 0 Å². The number of aromatic nitrogens is 2. The lowest BCUT2D eigenvalue weighted by molar-refractivity contribution is 0.704. The molecule has 17 heavy (non-hydrogen) atoms. The molecule has 0 amide bonds. The molecule has 2 N–H and O–H groups in total. The zero-order chi connectivity index (χ0) is 11.9. The van der Waals surface area contributed by atoms with Crippen LogP contribution in [-0.4, -0.2) is 16.3 Å². The molecular weight excluding hydrogens is 234 g/mol. The highest BCUT2D eigenvalue weighted by Gasteiger charge is 2.42. The summed E-state index contributed by atoms with van der Waals surface area (Å²) in [7, 11) is 0. The molecule has 1 aromatic heterocycles. The highest BCUT2D eigenvalue weighted by molar-refractivity contribution is 6.29. The maximum Gasteiger partial charge on any atom is 0.132 e. The summed E-state index contributed by atoms with van der Waals surface area (Å²) < 4.78 is 1.72. The van der Waals surface area contributed by atoms with Crippen LogP contribution in [0.1, 0.15) is 18.4 Å². The highest BCUT2D eigenvalue weighted by atomic mass is 35.5. The normalized spacial score (nSPS) is 17.1. The van der Waals surface area contributed by atoms with Crippen LogP contribution in [0.15, 0.2) is 36.5 Å². The van der Waals surface area contributed by atoms with Crippen LogP contribution >= 0.6 is 11.6 Å². The Hall–Kier alpha value is -1.32. The molecule has 1 aliphatic rings. The molecule has 1 heterocycles. The van der Waals surface area contributed by atoms with Gasteiger partial charge in [0.2, 0.25) is 0 Å². The number of hydrogen-bond donors (Lipinski definition) is 1. The van der Waals surface area contributed by atoms with Crippen LogP contribution in [0.4, 0.5) is 0 Å². The minimum atomic E-state index is 0.243. The molecule has 0 atom stereocenters. The Morgan fingerprint density at radius 3 is 2.41 bits per heavy atom. The summed E-state index contributed by atoms with van der Waals surface area (Å²) >= 11 is 6.02. The second kappa shape index (κ2) is 3.86. The van der Waals surface area contributed by atoms with Gasteiger partial charge >= 0.3 is 0 Å². The molecule has 1 saturated carbocycles. The zero-order valence-corrected chi connectivity index (χ0v) is 10.2. The summed E-state index contributed by atoms with van der Waals surface area (Å²) in [5.74, 6) is 0. The third kappa shape index (κ3) is 1.75. The van der Waals surface area contributed by atoms with Crippen molar-refractivity contribution in [3.05, 3.63) is 47.2 Å². The summed E-state index contributed by atoms with van der Waals surface area (Å²) in [5, 5.41) is 4.80. The van der Waals surface area contributed by atoms with E-state index in [-0.39, 0.29) is 5.41 Å². The van der Waals surface area contributed by atoms with E-state index in [1.165, 1.54) is 18.4 Å². The second-order valence-corrected chi connectivity index (χ2v) is 4.98. The fourth-order valence-corrected chi connectivity index (χ4v) is 2.39. The van der Waals surface area contributed by atoms with Gasteiger partial charge in [-0.15, -0.1) is 0 Å². The van der Waals surface area contributed by atoms with Gasteiger partial charge in [-0.3, -0.25) is 0 Å². The molecule has 4 heteroatoms. The van der Waals surface area contributed by atoms with Gasteiger partial charge in [-0.1, -0.05) is 23.7 Å². The molecule has 88 valence electrons. The van der Waals surface area contributed by atoms with E-state index in [0.717, 1.165) is 12.2 Å². The van der Waals surface area contributed by atoms with E-state index in [1.54, 1.807) is 16.9 Å². The topological polar surface area (TPSA) is 43.8 Å². The maximum atomic E-state index is 6.02. The highest BCUT2D eigenvalue weighted by Crippen LogP contribution is 2.47. The fourth-order valence-electron chi connectivity index (χ4n) is 2.19. The van der Waals surface area contributed by atoms with E-state index in [4.69, 9.17) is 17.3 Å². The Labute approximate surface area is 105 Å². The van der Waals surface area contributed by atoms with Crippen molar-refractivity contribution in [2.24, 2.45) is 5.73 Å². The summed E-state index contributed by atoms with van der Waals surface area (Å²) in [6.07, 6.45) is 4.09. The Morgan fingerprint density at radius 2 is 1.94 bits per heavy atom. The van der Waals surface area contributed by atoms with Crippen LogP contribution in [0, 0.1) is 0 Å². The van der Waals surface area contributed by atoms with Crippen LogP contribution < -0.4 is 5.73 Å². The molecule has 0 bridgehead atoms. The van der Waals surface area contributed by atoms with Gasteiger partial charge in [0.1, 0.15) is 5.15 Å². The lowest BCUT2D eigenvalue weighted by atomic mass is 9.96. The lowest BCUT2D eigenvalue weighted by Crippen LogP contribution is -2.19. The van der Waals surface area contributed by atoms with Gasteiger partial charge in [0.15, 0.2) is 0 Å². The molecule has 3 rings (SSSR count). The average molecular weight is 248 g/mol. The van der Waals surface area contributed by atoms with Crippen molar-refractivity contribution >= 4 is 11.6 Å². The van der Waals surface area contributed by atoms with E-state index >= 15 is 0 Å². The van der Waals surface area contributed by atoms with E-state index in [9.17, 15) is 0 Å². The molecule has 1 fully saturated rings. The predicted octanol–water partition coefficient (Wildman–Crippen LogP) is 2.52. The Bertz CT molecular complexity index is 526. The molecule has 3 nitrogen and oxygen atoms in total. The lowest BCUT2D eigenvalue weighted by Gasteiger charge is -2.13. The van der Waals surface area contributed by atoms with Crippen LogP contribution in [-0.2, 0) is 5.41 Å². The van der Waals surface area contributed by atoms with Gasteiger partial charge in [-0.2, -0.15) is 5.10 Å². The molecule has 0 saturated heterocycles. The minimum Gasteiger partial charge on any atom is -0.330 e. The molecule has 0 aliphatic heterocycles. The quantitative estimate of drug-likeness (QED) is 0.906. The standard InChI is InChI=1S/C13H14ClN3/c14-12-5-8-16-17(12)11-3-1-10(2-4-11)13(9-15)6-7-13/h1-5,8H,6-7,9,15H2. The fraction of sp³-hybridized carbons (Fsp3) is 0.308. The second-order valence-electron chi connectivity index (χ2n) is 4.60. The first-order valence-corrected chi connectivity index (χ1v) is 6.13.